The van der Waals surface area contributed by atoms with Crippen LogP contribution in [-0.2, 0) is 0 Å². The predicted octanol–water partition coefficient (Wildman–Crippen LogP) is 2.66. The van der Waals surface area contributed by atoms with Crippen LogP contribution < -0.4 is 16.4 Å². The summed E-state index contributed by atoms with van der Waals surface area (Å²) in [6.07, 6.45) is 0. The number of benzene rings is 2. The second-order valence-corrected chi connectivity index (χ2v) is 4.19. The van der Waals surface area contributed by atoms with E-state index in [2.05, 4.69) is 10.6 Å². The fraction of sp³-hybridized carbons (Fsp3) is 0. The summed E-state index contributed by atoms with van der Waals surface area (Å²) in [7, 11) is 0. The Morgan fingerprint density at radius 3 is 2.57 bits per heavy atom. The minimum absolute atomic E-state index is 0.274. The van der Waals surface area contributed by atoms with E-state index in [0.29, 0.717) is 22.6 Å². The van der Waals surface area contributed by atoms with E-state index in [0.717, 1.165) is 0 Å². The molecule has 0 fully saturated rings. The molecule has 0 unspecified atom stereocenters. The number of amides is 2. The van der Waals surface area contributed by atoms with Gasteiger partial charge in [0, 0.05) is 11.4 Å². The standard InChI is InChI=1S/C15H11N5O/c16-8-10-2-1-3-13(6-10)19-15(21)20-14-5-4-12(18)7-11(14)9-17/h1-7H,18H2,(H2,19,20,21). The quantitative estimate of drug-likeness (QED) is 0.732. The molecule has 0 aliphatic carbocycles. The molecule has 102 valence electrons. The maximum absolute atomic E-state index is 11.9. The van der Waals surface area contributed by atoms with Crippen molar-refractivity contribution in [1.82, 2.24) is 0 Å². The molecule has 0 heterocycles. The van der Waals surface area contributed by atoms with E-state index >= 15 is 0 Å². The largest absolute Gasteiger partial charge is 0.399 e. The van der Waals surface area contributed by atoms with Crippen LogP contribution in [0.3, 0.4) is 0 Å². The number of nitrogens with two attached hydrogens (primary N) is 1. The monoisotopic (exact) mass is 277 g/mol. The Bertz CT molecular complexity index is 770. The van der Waals surface area contributed by atoms with Crippen molar-refractivity contribution in [1.29, 1.82) is 10.5 Å². The second-order valence-electron chi connectivity index (χ2n) is 4.19. The lowest BCUT2D eigenvalue weighted by Crippen LogP contribution is -2.20. The van der Waals surface area contributed by atoms with Crippen molar-refractivity contribution < 1.29 is 4.79 Å². The first-order valence-corrected chi connectivity index (χ1v) is 6.00. The number of hydrogen-bond donors (Lipinski definition) is 3. The van der Waals surface area contributed by atoms with E-state index in [1.807, 2.05) is 12.1 Å². The number of carbonyl (C=O) groups excluding carboxylic acids is 1. The molecule has 2 aromatic carbocycles. The van der Waals surface area contributed by atoms with Crippen molar-refractivity contribution in [3.8, 4) is 12.1 Å². The number of nitrogens with zero attached hydrogens (tertiary/aromatic N) is 2. The summed E-state index contributed by atoms with van der Waals surface area (Å²) in [4.78, 5) is 11.9. The van der Waals surface area contributed by atoms with Gasteiger partial charge in [-0.2, -0.15) is 10.5 Å². The smallest absolute Gasteiger partial charge is 0.323 e. The third-order valence-corrected chi connectivity index (χ3v) is 2.66. The van der Waals surface area contributed by atoms with Crippen molar-refractivity contribution in [2.24, 2.45) is 0 Å². The molecule has 0 saturated carbocycles. The average Bonchev–Trinajstić information content (AvgIpc) is 2.49. The molecule has 2 amide bonds. The number of urea groups is 1. The number of anilines is 3. The lowest BCUT2D eigenvalue weighted by atomic mass is 10.2. The van der Waals surface area contributed by atoms with Crippen LogP contribution in [-0.4, -0.2) is 6.03 Å². The van der Waals surface area contributed by atoms with Crippen molar-refractivity contribution >= 4 is 23.1 Å². The van der Waals surface area contributed by atoms with Crippen LogP contribution in [0.1, 0.15) is 11.1 Å². The molecule has 0 bridgehead atoms. The van der Waals surface area contributed by atoms with Crippen LogP contribution in [0.15, 0.2) is 42.5 Å². The van der Waals surface area contributed by atoms with E-state index < -0.39 is 6.03 Å². The summed E-state index contributed by atoms with van der Waals surface area (Å²) in [6, 6.07) is 14.6. The number of hydrogen-bond acceptors (Lipinski definition) is 4. The average molecular weight is 277 g/mol. The summed E-state index contributed by atoms with van der Waals surface area (Å²) in [6.45, 7) is 0. The molecular formula is C15H11N5O. The number of nitrogens with one attached hydrogen (secondary N) is 2. The maximum atomic E-state index is 11.9. The number of nitrogen functional groups attached to an aromatic ring is 1. The fourth-order valence-corrected chi connectivity index (χ4v) is 1.71. The van der Waals surface area contributed by atoms with Crippen LogP contribution in [0.2, 0.25) is 0 Å². The number of nitriles is 2. The SMILES string of the molecule is N#Cc1cccc(NC(=O)Nc2ccc(N)cc2C#N)c1. The molecule has 0 atom stereocenters. The van der Waals surface area contributed by atoms with Gasteiger partial charge in [-0.05, 0) is 36.4 Å². The van der Waals surface area contributed by atoms with Gasteiger partial charge in [0.1, 0.15) is 6.07 Å². The van der Waals surface area contributed by atoms with Gasteiger partial charge in [0.25, 0.3) is 0 Å². The van der Waals surface area contributed by atoms with Gasteiger partial charge in [-0.3, -0.25) is 0 Å². The molecule has 6 heteroatoms. The Morgan fingerprint density at radius 1 is 1.05 bits per heavy atom. The zero-order chi connectivity index (χ0) is 15.2. The summed E-state index contributed by atoms with van der Waals surface area (Å²) in [5.41, 5.74) is 7.59. The van der Waals surface area contributed by atoms with Gasteiger partial charge in [0.15, 0.2) is 0 Å². The Labute approximate surface area is 121 Å². The highest BCUT2D eigenvalue weighted by Crippen LogP contribution is 2.18. The third kappa shape index (κ3) is 3.49. The summed E-state index contributed by atoms with van der Waals surface area (Å²) in [5, 5.41) is 23.0. The zero-order valence-corrected chi connectivity index (χ0v) is 10.9. The van der Waals surface area contributed by atoms with Gasteiger partial charge in [-0.25, -0.2) is 4.79 Å². The zero-order valence-electron chi connectivity index (χ0n) is 10.9. The van der Waals surface area contributed by atoms with Crippen LogP contribution in [0.5, 0.6) is 0 Å². The molecule has 0 radical (unpaired) electrons. The summed E-state index contributed by atoms with van der Waals surface area (Å²) < 4.78 is 0. The van der Waals surface area contributed by atoms with E-state index in [9.17, 15) is 4.79 Å². The third-order valence-electron chi connectivity index (χ3n) is 2.66. The summed E-state index contributed by atoms with van der Waals surface area (Å²) in [5.74, 6) is 0. The normalized spacial score (nSPS) is 9.24. The maximum Gasteiger partial charge on any atom is 0.323 e. The predicted molar refractivity (Wildman–Crippen MR) is 79.4 cm³/mol. The highest BCUT2D eigenvalue weighted by atomic mass is 16.2. The molecule has 2 rings (SSSR count). The molecular weight excluding hydrogens is 266 g/mol. The summed E-state index contributed by atoms with van der Waals surface area (Å²) >= 11 is 0. The van der Waals surface area contributed by atoms with Crippen molar-refractivity contribution in [2.75, 3.05) is 16.4 Å². The van der Waals surface area contributed by atoms with Crippen LogP contribution in [0, 0.1) is 22.7 Å². The van der Waals surface area contributed by atoms with Gasteiger partial charge in [-0.1, -0.05) is 6.07 Å². The van der Waals surface area contributed by atoms with Crippen molar-refractivity contribution in [2.45, 2.75) is 0 Å². The Balaban J connectivity index is 2.12. The van der Waals surface area contributed by atoms with Gasteiger partial charge < -0.3 is 16.4 Å². The lowest BCUT2D eigenvalue weighted by molar-refractivity contribution is 0.262. The van der Waals surface area contributed by atoms with Gasteiger partial charge in [0.2, 0.25) is 0 Å². The van der Waals surface area contributed by atoms with Gasteiger partial charge in [-0.15, -0.1) is 0 Å². The highest BCUT2D eigenvalue weighted by Gasteiger charge is 2.07. The molecule has 0 aliphatic heterocycles. The molecule has 0 spiro atoms. The van der Waals surface area contributed by atoms with Crippen molar-refractivity contribution in [3.05, 3.63) is 53.6 Å². The van der Waals surface area contributed by atoms with E-state index in [-0.39, 0.29) is 5.56 Å². The Hall–Kier alpha value is -3.51. The van der Waals surface area contributed by atoms with Gasteiger partial charge in [0.05, 0.1) is 22.9 Å². The number of rotatable bonds is 2. The Kier molecular flexibility index (Phi) is 4.03. The molecule has 2 aromatic rings. The highest BCUT2D eigenvalue weighted by molar-refractivity contribution is 6.00. The molecule has 6 nitrogen and oxygen atoms in total. The van der Waals surface area contributed by atoms with E-state index in [1.165, 1.54) is 6.07 Å². The first kappa shape index (κ1) is 13.9. The van der Waals surface area contributed by atoms with Crippen molar-refractivity contribution in [3.63, 3.8) is 0 Å². The fourth-order valence-electron chi connectivity index (χ4n) is 1.71. The molecule has 21 heavy (non-hydrogen) atoms. The first-order valence-electron chi connectivity index (χ1n) is 6.00. The minimum Gasteiger partial charge on any atom is -0.399 e. The lowest BCUT2D eigenvalue weighted by Gasteiger charge is -2.09. The molecule has 0 saturated heterocycles. The van der Waals surface area contributed by atoms with E-state index in [1.54, 1.807) is 36.4 Å². The second kappa shape index (κ2) is 6.09. The van der Waals surface area contributed by atoms with Crippen LogP contribution in [0.25, 0.3) is 0 Å². The first-order chi connectivity index (χ1) is 10.1. The number of carbonyl (C=O) groups is 1. The molecule has 0 aromatic heterocycles. The molecule has 4 N–H and O–H groups in total. The minimum atomic E-state index is -0.508. The Morgan fingerprint density at radius 2 is 1.86 bits per heavy atom. The van der Waals surface area contributed by atoms with Gasteiger partial charge >= 0.3 is 6.03 Å². The molecule has 0 aliphatic rings. The van der Waals surface area contributed by atoms with E-state index in [4.69, 9.17) is 16.3 Å². The topological polar surface area (TPSA) is 115 Å². The van der Waals surface area contributed by atoms with Crippen LogP contribution in [0.4, 0.5) is 21.9 Å². The van der Waals surface area contributed by atoms with Crippen LogP contribution >= 0.6 is 0 Å².